The number of anilines is 1. The molecule has 2 aromatic rings. The van der Waals surface area contributed by atoms with Crippen LogP contribution in [0.1, 0.15) is 17.1 Å². The van der Waals surface area contributed by atoms with E-state index in [1.807, 2.05) is 26.0 Å². The van der Waals surface area contributed by atoms with E-state index in [1.54, 1.807) is 4.68 Å². The molecule has 0 unspecified atom stereocenters. The number of aromatic nitrogens is 3. The lowest BCUT2D eigenvalue weighted by Gasteiger charge is -2.11. The lowest BCUT2D eigenvalue weighted by molar-refractivity contribution is -0.141. The van der Waals surface area contributed by atoms with Crippen LogP contribution < -0.4 is 5.43 Å². The Labute approximate surface area is 101 Å². The standard InChI is InChI=1S/C11H11F3N4/c1-7-3-4-8(2)18(7)17-10-6-5-9(15-16-10)11(12,13)14/h3-6H,1-2H3,(H,16,17). The van der Waals surface area contributed by atoms with E-state index in [2.05, 4.69) is 15.6 Å². The van der Waals surface area contributed by atoms with Crippen LogP contribution in [-0.4, -0.2) is 14.9 Å². The lowest BCUT2D eigenvalue weighted by Crippen LogP contribution is -2.15. The molecule has 7 heteroatoms. The monoisotopic (exact) mass is 256 g/mol. The summed E-state index contributed by atoms with van der Waals surface area (Å²) in [6.07, 6.45) is -4.47. The van der Waals surface area contributed by atoms with E-state index in [4.69, 9.17) is 0 Å². The molecular weight excluding hydrogens is 245 g/mol. The first kappa shape index (κ1) is 12.4. The topological polar surface area (TPSA) is 42.7 Å². The fraction of sp³-hybridized carbons (Fsp3) is 0.273. The number of aryl methyl sites for hydroxylation is 2. The molecular formula is C11H11F3N4. The van der Waals surface area contributed by atoms with E-state index < -0.39 is 11.9 Å². The van der Waals surface area contributed by atoms with Crippen molar-refractivity contribution in [3.05, 3.63) is 41.3 Å². The SMILES string of the molecule is Cc1ccc(C)n1Nc1ccc(C(F)(F)F)nn1. The van der Waals surface area contributed by atoms with Crippen molar-refractivity contribution in [2.45, 2.75) is 20.0 Å². The maximum atomic E-state index is 12.3. The Morgan fingerprint density at radius 1 is 1.00 bits per heavy atom. The van der Waals surface area contributed by atoms with Gasteiger partial charge in [0.25, 0.3) is 0 Å². The van der Waals surface area contributed by atoms with Crippen LogP contribution in [0.15, 0.2) is 24.3 Å². The normalized spacial score (nSPS) is 11.6. The van der Waals surface area contributed by atoms with Crippen molar-refractivity contribution in [3.63, 3.8) is 0 Å². The molecule has 2 aromatic heterocycles. The first-order valence-electron chi connectivity index (χ1n) is 5.21. The minimum atomic E-state index is -4.47. The zero-order valence-corrected chi connectivity index (χ0v) is 9.78. The van der Waals surface area contributed by atoms with Crippen LogP contribution in [-0.2, 0) is 6.18 Å². The van der Waals surface area contributed by atoms with E-state index in [0.717, 1.165) is 17.5 Å². The van der Waals surface area contributed by atoms with Crippen molar-refractivity contribution in [2.24, 2.45) is 0 Å². The number of hydrogen-bond acceptors (Lipinski definition) is 3. The van der Waals surface area contributed by atoms with Crippen LogP contribution in [0.25, 0.3) is 0 Å². The minimum absolute atomic E-state index is 0.255. The van der Waals surface area contributed by atoms with E-state index in [0.29, 0.717) is 0 Å². The highest BCUT2D eigenvalue weighted by Crippen LogP contribution is 2.27. The molecule has 0 saturated heterocycles. The third kappa shape index (κ3) is 2.44. The second-order valence-corrected chi connectivity index (χ2v) is 3.86. The molecule has 0 aromatic carbocycles. The number of nitrogens with zero attached hydrogens (tertiary/aromatic N) is 3. The van der Waals surface area contributed by atoms with Crippen molar-refractivity contribution < 1.29 is 13.2 Å². The van der Waals surface area contributed by atoms with Crippen LogP contribution in [0.5, 0.6) is 0 Å². The first-order chi connectivity index (χ1) is 8.38. The third-order valence-electron chi connectivity index (χ3n) is 2.45. The van der Waals surface area contributed by atoms with Gasteiger partial charge >= 0.3 is 6.18 Å². The van der Waals surface area contributed by atoms with E-state index in [1.165, 1.54) is 6.07 Å². The summed E-state index contributed by atoms with van der Waals surface area (Å²) in [5.74, 6) is 0.255. The molecule has 0 aliphatic rings. The number of hydrogen-bond donors (Lipinski definition) is 1. The van der Waals surface area contributed by atoms with Gasteiger partial charge in [-0.1, -0.05) is 0 Å². The van der Waals surface area contributed by atoms with Crippen LogP contribution >= 0.6 is 0 Å². The average molecular weight is 256 g/mol. The van der Waals surface area contributed by atoms with Crippen LogP contribution in [0.3, 0.4) is 0 Å². The minimum Gasteiger partial charge on any atom is -0.276 e. The van der Waals surface area contributed by atoms with Gasteiger partial charge in [-0.05, 0) is 38.1 Å². The molecule has 96 valence electrons. The van der Waals surface area contributed by atoms with E-state index in [-0.39, 0.29) is 5.82 Å². The highest BCUT2D eigenvalue weighted by molar-refractivity contribution is 5.35. The molecule has 0 saturated carbocycles. The fourth-order valence-corrected chi connectivity index (χ4v) is 1.50. The van der Waals surface area contributed by atoms with Crippen molar-refractivity contribution >= 4 is 5.82 Å². The molecule has 1 N–H and O–H groups in total. The Bertz CT molecular complexity index is 523. The summed E-state index contributed by atoms with van der Waals surface area (Å²) in [4.78, 5) is 0. The van der Waals surface area contributed by atoms with Gasteiger partial charge in [0.05, 0.1) is 0 Å². The summed E-state index contributed by atoms with van der Waals surface area (Å²) in [6.45, 7) is 3.75. The van der Waals surface area contributed by atoms with Gasteiger partial charge in [0, 0.05) is 11.4 Å². The molecule has 0 radical (unpaired) electrons. The number of halogens is 3. The summed E-state index contributed by atoms with van der Waals surface area (Å²) in [5.41, 5.74) is 3.72. The highest BCUT2D eigenvalue weighted by atomic mass is 19.4. The molecule has 0 amide bonds. The number of nitrogens with one attached hydrogen (secondary N) is 1. The molecule has 0 aliphatic heterocycles. The van der Waals surface area contributed by atoms with Crippen molar-refractivity contribution in [1.82, 2.24) is 14.9 Å². The van der Waals surface area contributed by atoms with E-state index >= 15 is 0 Å². The van der Waals surface area contributed by atoms with Gasteiger partial charge in [-0.2, -0.15) is 13.2 Å². The zero-order chi connectivity index (χ0) is 13.3. The Kier molecular flexibility index (Phi) is 2.98. The summed E-state index contributed by atoms with van der Waals surface area (Å²) in [6, 6.07) is 5.91. The Hall–Kier alpha value is -2.05. The number of rotatable bonds is 2. The molecule has 0 fully saturated rings. The summed E-state index contributed by atoms with van der Waals surface area (Å²) in [7, 11) is 0. The van der Waals surface area contributed by atoms with Crippen molar-refractivity contribution in [2.75, 3.05) is 5.43 Å². The molecule has 0 spiro atoms. The Morgan fingerprint density at radius 2 is 1.61 bits per heavy atom. The maximum Gasteiger partial charge on any atom is 0.435 e. The first-order valence-corrected chi connectivity index (χ1v) is 5.21. The molecule has 2 heterocycles. The van der Waals surface area contributed by atoms with Gasteiger partial charge in [0.2, 0.25) is 0 Å². The highest BCUT2D eigenvalue weighted by Gasteiger charge is 2.32. The van der Waals surface area contributed by atoms with Gasteiger partial charge in [-0.15, -0.1) is 10.2 Å². The van der Waals surface area contributed by atoms with Gasteiger partial charge in [0.15, 0.2) is 11.5 Å². The molecule has 0 atom stereocenters. The van der Waals surface area contributed by atoms with Gasteiger partial charge < -0.3 is 0 Å². The quantitative estimate of drug-likeness (QED) is 0.898. The van der Waals surface area contributed by atoms with E-state index in [9.17, 15) is 13.2 Å². The Balaban J connectivity index is 2.21. The maximum absolute atomic E-state index is 12.3. The fourth-order valence-electron chi connectivity index (χ4n) is 1.50. The smallest absolute Gasteiger partial charge is 0.276 e. The van der Waals surface area contributed by atoms with Crippen molar-refractivity contribution in [3.8, 4) is 0 Å². The Morgan fingerprint density at radius 3 is 2.06 bits per heavy atom. The predicted molar refractivity (Wildman–Crippen MR) is 60.0 cm³/mol. The van der Waals surface area contributed by atoms with Gasteiger partial charge in [-0.25, -0.2) is 0 Å². The average Bonchev–Trinajstić information content (AvgIpc) is 2.60. The summed E-state index contributed by atoms with van der Waals surface area (Å²) in [5, 5.41) is 6.64. The van der Waals surface area contributed by atoms with Crippen molar-refractivity contribution in [1.29, 1.82) is 0 Å². The molecule has 4 nitrogen and oxygen atoms in total. The second-order valence-electron chi connectivity index (χ2n) is 3.86. The number of alkyl halides is 3. The van der Waals surface area contributed by atoms with Crippen LogP contribution in [0, 0.1) is 13.8 Å². The predicted octanol–water partition coefficient (Wildman–Crippen LogP) is 2.79. The molecule has 0 aliphatic carbocycles. The van der Waals surface area contributed by atoms with Crippen LogP contribution in [0.2, 0.25) is 0 Å². The molecule has 0 bridgehead atoms. The molecule has 18 heavy (non-hydrogen) atoms. The zero-order valence-electron chi connectivity index (χ0n) is 9.78. The third-order valence-corrected chi connectivity index (χ3v) is 2.45. The summed E-state index contributed by atoms with van der Waals surface area (Å²) >= 11 is 0. The lowest BCUT2D eigenvalue weighted by atomic mass is 10.4. The second kappa shape index (κ2) is 4.32. The van der Waals surface area contributed by atoms with Crippen LogP contribution in [0.4, 0.5) is 19.0 Å². The summed E-state index contributed by atoms with van der Waals surface area (Å²) < 4.78 is 38.6. The molecule has 2 rings (SSSR count). The largest absolute Gasteiger partial charge is 0.435 e. The van der Waals surface area contributed by atoms with Gasteiger partial charge in [0.1, 0.15) is 0 Å². The van der Waals surface area contributed by atoms with Gasteiger partial charge in [-0.3, -0.25) is 10.1 Å².